The summed E-state index contributed by atoms with van der Waals surface area (Å²) in [5, 5.41) is 15.2. The number of ether oxygens (including phenoxy) is 1. The molecule has 10 nitrogen and oxygen atoms in total. The van der Waals surface area contributed by atoms with Crippen LogP contribution >= 0.6 is 0 Å². The van der Waals surface area contributed by atoms with E-state index in [9.17, 15) is 24.4 Å². The molecule has 2 N–H and O–H groups in total. The quantitative estimate of drug-likeness (QED) is 0.559. The lowest BCUT2D eigenvalue weighted by Gasteiger charge is -2.36. The molecule has 194 valence electrons. The van der Waals surface area contributed by atoms with Crippen LogP contribution in [0.25, 0.3) is 0 Å². The molecule has 2 aliphatic heterocycles. The first-order chi connectivity index (χ1) is 16.2. The number of nitrogens with zero attached hydrogens (tertiary/aromatic N) is 3. The second kappa shape index (κ2) is 9.67. The molecule has 2 heterocycles. The first-order valence-electron chi connectivity index (χ1n) is 12.5. The van der Waals surface area contributed by atoms with Crippen LogP contribution in [-0.2, 0) is 19.1 Å². The molecule has 4 amide bonds. The van der Waals surface area contributed by atoms with Gasteiger partial charge in [0.05, 0.1) is 6.07 Å². The number of amides is 4. The van der Waals surface area contributed by atoms with Crippen molar-refractivity contribution in [3.05, 3.63) is 0 Å². The molecule has 0 spiro atoms. The Morgan fingerprint density at radius 2 is 2.00 bits per heavy atom. The number of fused-ring (bicyclic) bond motifs is 1. The number of rotatable bonds is 7. The maximum atomic E-state index is 13.6. The molecule has 2 saturated heterocycles. The van der Waals surface area contributed by atoms with Crippen molar-refractivity contribution in [3.63, 3.8) is 0 Å². The minimum absolute atomic E-state index is 0.0237. The third-order valence-electron chi connectivity index (χ3n) is 7.71. The van der Waals surface area contributed by atoms with E-state index in [-0.39, 0.29) is 53.9 Å². The maximum Gasteiger partial charge on any atom is 0.410 e. The third-order valence-corrected chi connectivity index (χ3v) is 7.71. The van der Waals surface area contributed by atoms with Crippen LogP contribution in [-0.4, -0.2) is 77.0 Å². The molecule has 3 aliphatic rings. The summed E-state index contributed by atoms with van der Waals surface area (Å²) in [6, 6.07) is -0.252. The highest BCUT2D eigenvalue weighted by atomic mass is 16.6. The Bertz CT molecular complexity index is 920. The maximum absolute atomic E-state index is 13.6. The molecule has 0 radical (unpaired) electrons. The number of nitriles is 1. The number of carbonyl (C=O) groups excluding carboxylic acids is 4. The van der Waals surface area contributed by atoms with Gasteiger partial charge in [-0.3, -0.25) is 19.3 Å². The van der Waals surface area contributed by atoms with Gasteiger partial charge in [0.1, 0.15) is 23.7 Å². The first-order valence-corrected chi connectivity index (χ1v) is 12.5. The number of nitrogens with one attached hydrogen (secondary N) is 2. The predicted molar refractivity (Wildman–Crippen MR) is 128 cm³/mol. The first kappa shape index (κ1) is 26.8. The van der Waals surface area contributed by atoms with Crippen molar-refractivity contribution < 1.29 is 23.9 Å². The van der Waals surface area contributed by atoms with E-state index in [4.69, 9.17) is 4.74 Å². The van der Waals surface area contributed by atoms with Crippen LogP contribution in [0, 0.1) is 34.5 Å². The predicted octanol–water partition coefficient (Wildman–Crippen LogP) is 1.65. The number of hydrogen-bond acceptors (Lipinski definition) is 6. The topological polar surface area (TPSA) is 132 Å². The van der Waals surface area contributed by atoms with Crippen molar-refractivity contribution in [2.24, 2.45) is 23.2 Å². The minimum Gasteiger partial charge on any atom is -0.444 e. The summed E-state index contributed by atoms with van der Waals surface area (Å²) >= 11 is 0. The van der Waals surface area contributed by atoms with Crippen LogP contribution in [0.1, 0.15) is 61.3 Å². The van der Waals surface area contributed by atoms with Gasteiger partial charge in [0.15, 0.2) is 0 Å². The molecule has 35 heavy (non-hydrogen) atoms. The van der Waals surface area contributed by atoms with Gasteiger partial charge >= 0.3 is 6.09 Å². The van der Waals surface area contributed by atoms with Gasteiger partial charge < -0.3 is 20.3 Å². The zero-order valence-corrected chi connectivity index (χ0v) is 21.9. The molecule has 0 bridgehead atoms. The molecular weight excluding hydrogens is 450 g/mol. The number of likely N-dealkylation sites (tertiary alicyclic amines) is 1. The second-order valence-corrected chi connectivity index (χ2v) is 11.5. The zero-order valence-electron chi connectivity index (χ0n) is 21.9. The average Bonchev–Trinajstić information content (AvgIpc) is 3.11. The molecule has 0 aromatic rings. The number of carbonyl (C=O) groups is 4. The molecule has 2 unspecified atom stereocenters. The van der Waals surface area contributed by atoms with E-state index in [1.807, 2.05) is 0 Å². The van der Waals surface area contributed by atoms with Gasteiger partial charge in [0, 0.05) is 25.6 Å². The Labute approximate surface area is 207 Å². The fraction of sp³-hybridized carbons (Fsp3) is 0.800. The summed E-state index contributed by atoms with van der Waals surface area (Å²) in [6.07, 6.45) is 0.296. The van der Waals surface area contributed by atoms with E-state index in [1.165, 1.54) is 4.90 Å². The summed E-state index contributed by atoms with van der Waals surface area (Å²) < 4.78 is 5.47. The van der Waals surface area contributed by atoms with Gasteiger partial charge in [0.25, 0.3) is 0 Å². The SMILES string of the molecule is CCN(C(=O)OC(C)(C)C)C(C)C(=O)N1C[C@H]2[C@@H]([C@H]1C(=O)NC(C#N)C[C@@H]1CCNC1=O)C2(C)C. The molecule has 0 aromatic heterocycles. The Kier molecular flexibility index (Phi) is 7.39. The van der Waals surface area contributed by atoms with Crippen molar-refractivity contribution in [1.82, 2.24) is 20.4 Å². The lowest BCUT2D eigenvalue weighted by Crippen LogP contribution is -2.57. The van der Waals surface area contributed by atoms with Gasteiger partial charge in [-0.25, -0.2) is 4.79 Å². The molecule has 3 rings (SSSR count). The van der Waals surface area contributed by atoms with Crippen LogP contribution in [0.4, 0.5) is 4.79 Å². The second-order valence-electron chi connectivity index (χ2n) is 11.5. The van der Waals surface area contributed by atoms with E-state index in [0.29, 0.717) is 19.5 Å². The summed E-state index contributed by atoms with van der Waals surface area (Å²) in [4.78, 5) is 54.6. The van der Waals surface area contributed by atoms with Gasteiger partial charge in [-0.15, -0.1) is 0 Å². The molecule has 3 fully saturated rings. The summed E-state index contributed by atoms with van der Waals surface area (Å²) in [6.45, 7) is 14.2. The highest BCUT2D eigenvalue weighted by molar-refractivity contribution is 5.93. The number of likely N-dealkylation sites (N-methyl/N-ethyl adjacent to an activating group) is 1. The lowest BCUT2D eigenvalue weighted by atomic mass is 9.97. The van der Waals surface area contributed by atoms with Crippen molar-refractivity contribution in [1.29, 1.82) is 5.26 Å². The van der Waals surface area contributed by atoms with E-state index in [0.717, 1.165) is 0 Å². The Hall–Kier alpha value is -2.83. The summed E-state index contributed by atoms with van der Waals surface area (Å²) in [5.41, 5.74) is -0.789. The van der Waals surface area contributed by atoms with Crippen molar-refractivity contribution in [2.45, 2.75) is 85.0 Å². The molecule has 10 heteroatoms. The smallest absolute Gasteiger partial charge is 0.410 e. The Morgan fingerprint density at radius 3 is 2.51 bits per heavy atom. The molecule has 0 aromatic carbocycles. The monoisotopic (exact) mass is 489 g/mol. The normalized spacial score (nSPS) is 28.3. The van der Waals surface area contributed by atoms with Crippen molar-refractivity contribution >= 4 is 23.8 Å². The molecule has 6 atom stereocenters. The lowest BCUT2D eigenvalue weighted by molar-refractivity contribution is -0.144. The summed E-state index contributed by atoms with van der Waals surface area (Å²) in [7, 11) is 0. The molecule has 1 aliphatic carbocycles. The minimum atomic E-state index is -0.819. The Morgan fingerprint density at radius 1 is 1.34 bits per heavy atom. The highest BCUT2D eigenvalue weighted by Gasteiger charge is 2.69. The van der Waals surface area contributed by atoms with E-state index >= 15 is 0 Å². The van der Waals surface area contributed by atoms with Crippen LogP contribution < -0.4 is 10.6 Å². The van der Waals surface area contributed by atoms with Crippen LogP contribution in [0.2, 0.25) is 0 Å². The molecular formula is C25H39N5O5. The van der Waals surface area contributed by atoms with Gasteiger partial charge in [-0.2, -0.15) is 5.26 Å². The average molecular weight is 490 g/mol. The number of hydrogen-bond donors (Lipinski definition) is 2. The largest absolute Gasteiger partial charge is 0.444 e. The van der Waals surface area contributed by atoms with E-state index < -0.39 is 29.8 Å². The van der Waals surface area contributed by atoms with E-state index in [2.05, 4.69) is 30.6 Å². The van der Waals surface area contributed by atoms with Crippen LogP contribution in [0.5, 0.6) is 0 Å². The van der Waals surface area contributed by atoms with Crippen molar-refractivity contribution in [2.75, 3.05) is 19.6 Å². The fourth-order valence-corrected chi connectivity index (χ4v) is 5.62. The van der Waals surface area contributed by atoms with Gasteiger partial charge in [0.2, 0.25) is 17.7 Å². The van der Waals surface area contributed by atoms with Crippen LogP contribution in [0.3, 0.4) is 0 Å². The Balaban J connectivity index is 1.74. The zero-order chi connectivity index (χ0) is 26.3. The standard InChI is InChI=1S/C25H39N5O5/c1-8-29(23(34)35-24(3,4)5)14(2)22(33)30-13-17-18(25(17,6)7)19(30)21(32)28-16(12-26)11-15-9-10-27-20(15)31/h14-19H,8-11,13H2,1-7H3,(H,27,31)(H,28,32)/t14?,15-,16?,17-,18-,19-/m0/s1. The molecule has 1 saturated carbocycles. The number of piperidine rings is 1. The van der Waals surface area contributed by atoms with Crippen molar-refractivity contribution in [3.8, 4) is 6.07 Å². The fourth-order valence-electron chi connectivity index (χ4n) is 5.62. The third kappa shape index (κ3) is 5.39. The van der Waals surface area contributed by atoms with Crippen LogP contribution in [0.15, 0.2) is 0 Å². The van der Waals surface area contributed by atoms with E-state index in [1.54, 1.807) is 39.5 Å². The highest BCUT2D eigenvalue weighted by Crippen LogP contribution is 2.65. The van der Waals surface area contributed by atoms with Gasteiger partial charge in [-0.1, -0.05) is 13.8 Å². The van der Waals surface area contributed by atoms with Gasteiger partial charge in [-0.05, 0) is 64.7 Å². The summed E-state index contributed by atoms with van der Waals surface area (Å²) in [5.74, 6) is -0.954.